The van der Waals surface area contributed by atoms with E-state index in [0.717, 1.165) is 5.56 Å². The summed E-state index contributed by atoms with van der Waals surface area (Å²) in [5.41, 5.74) is 3.27. The number of amides is 1. The molecule has 0 spiro atoms. The van der Waals surface area contributed by atoms with E-state index in [2.05, 4.69) is 10.5 Å². The first-order valence-electron chi connectivity index (χ1n) is 7.87. The maximum absolute atomic E-state index is 11.8. The molecule has 2 aromatic carbocycles. The van der Waals surface area contributed by atoms with E-state index in [1.54, 1.807) is 12.1 Å². The van der Waals surface area contributed by atoms with Crippen molar-refractivity contribution in [1.82, 2.24) is 5.43 Å². The van der Waals surface area contributed by atoms with Crippen LogP contribution in [-0.2, 0) is 4.79 Å². The molecule has 0 fully saturated rings. The number of aryl methyl sites for hydroxylation is 1. The number of rotatable bonds is 8. The van der Waals surface area contributed by atoms with E-state index in [1.165, 1.54) is 32.6 Å². The van der Waals surface area contributed by atoms with Crippen LogP contribution < -0.4 is 19.6 Å². The Morgan fingerprint density at radius 2 is 1.89 bits per heavy atom. The number of nitrogens with one attached hydrogen (secondary N) is 1. The van der Waals surface area contributed by atoms with Crippen LogP contribution in [0.3, 0.4) is 0 Å². The molecule has 9 heteroatoms. The van der Waals surface area contributed by atoms with E-state index in [4.69, 9.17) is 14.2 Å². The van der Waals surface area contributed by atoms with Gasteiger partial charge in [-0.2, -0.15) is 5.10 Å². The first-order chi connectivity index (χ1) is 13.0. The molecule has 2 rings (SSSR count). The molecule has 0 aromatic heterocycles. The van der Waals surface area contributed by atoms with Crippen LogP contribution in [0.25, 0.3) is 0 Å². The van der Waals surface area contributed by atoms with E-state index < -0.39 is 10.8 Å². The fourth-order valence-corrected chi connectivity index (χ4v) is 2.22. The number of para-hydroxylation sites is 1. The minimum Gasteiger partial charge on any atom is -0.496 e. The van der Waals surface area contributed by atoms with Gasteiger partial charge in [-0.05, 0) is 18.6 Å². The SMILES string of the molecule is COc1cc(OC)c([N+](=O)[O-])cc1/C=N\NC(=O)COc1ccccc1C. The van der Waals surface area contributed by atoms with Crippen molar-refractivity contribution in [2.24, 2.45) is 5.10 Å². The lowest BCUT2D eigenvalue weighted by atomic mass is 10.1. The highest BCUT2D eigenvalue weighted by atomic mass is 16.6. The predicted molar refractivity (Wildman–Crippen MR) is 98.6 cm³/mol. The van der Waals surface area contributed by atoms with Crippen molar-refractivity contribution in [2.45, 2.75) is 6.92 Å². The van der Waals surface area contributed by atoms with Crippen molar-refractivity contribution in [3.8, 4) is 17.2 Å². The second-order valence-corrected chi connectivity index (χ2v) is 5.37. The van der Waals surface area contributed by atoms with Crippen LogP contribution in [0.4, 0.5) is 5.69 Å². The molecule has 1 N–H and O–H groups in total. The Kier molecular flexibility index (Phi) is 6.70. The fourth-order valence-electron chi connectivity index (χ4n) is 2.22. The minimum absolute atomic E-state index is 0.0599. The molecule has 0 aliphatic heterocycles. The van der Waals surface area contributed by atoms with Crippen molar-refractivity contribution >= 4 is 17.8 Å². The quantitative estimate of drug-likeness (QED) is 0.432. The smallest absolute Gasteiger partial charge is 0.311 e. The summed E-state index contributed by atoms with van der Waals surface area (Å²) in [5, 5.41) is 14.9. The number of nitro benzene ring substituents is 1. The molecular formula is C18H19N3O6. The number of benzene rings is 2. The number of hydrogen-bond acceptors (Lipinski definition) is 7. The molecule has 0 heterocycles. The molecule has 0 radical (unpaired) electrons. The summed E-state index contributed by atoms with van der Waals surface area (Å²) in [4.78, 5) is 22.4. The predicted octanol–water partition coefficient (Wildman–Crippen LogP) is 2.45. The molecule has 27 heavy (non-hydrogen) atoms. The third kappa shape index (κ3) is 5.18. The minimum atomic E-state index is -0.579. The summed E-state index contributed by atoms with van der Waals surface area (Å²) < 4.78 is 15.6. The number of hydrogen-bond donors (Lipinski definition) is 1. The molecule has 0 atom stereocenters. The van der Waals surface area contributed by atoms with Crippen LogP contribution >= 0.6 is 0 Å². The standard InChI is InChI=1S/C18H19N3O6/c1-12-6-4-5-7-15(12)27-11-18(22)20-19-10-13-8-14(21(23)24)17(26-3)9-16(13)25-2/h4-10H,11H2,1-3H3,(H,20,22)/b19-10-. The summed E-state index contributed by atoms with van der Waals surface area (Å²) in [6, 6.07) is 9.93. The first-order valence-corrected chi connectivity index (χ1v) is 7.87. The molecule has 0 saturated carbocycles. The third-order valence-electron chi connectivity index (χ3n) is 3.57. The van der Waals surface area contributed by atoms with Crippen molar-refractivity contribution in [1.29, 1.82) is 0 Å². The van der Waals surface area contributed by atoms with Gasteiger partial charge in [0.15, 0.2) is 6.61 Å². The molecular weight excluding hydrogens is 354 g/mol. The molecule has 2 aromatic rings. The normalized spacial score (nSPS) is 10.5. The highest BCUT2D eigenvalue weighted by Gasteiger charge is 2.18. The Bertz CT molecular complexity index is 866. The number of ether oxygens (including phenoxy) is 3. The molecule has 1 amide bonds. The van der Waals surface area contributed by atoms with E-state index in [0.29, 0.717) is 17.1 Å². The second-order valence-electron chi connectivity index (χ2n) is 5.37. The number of hydrazone groups is 1. The van der Waals surface area contributed by atoms with Gasteiger partial charge in [-0.15, -0.1) is 0 Å². The number of carbonyl (C=O) groups excluding carboxylic acids is 1. The maximum atomic E-state index is 11.8. The van der Waals surface area contributed by atoms with Crippen LogP contribution in [0.2, 0.25) is 0 Å². The van der Waals surface area contributed by atoms with Gasteiger partial charge in [0, 0.05) is 17.7 Å². The van der Waals surface area contributed by atoms with Gasteiger partial charge in [-0.25, -0.2) is 5.43 Å². The Balaban J connectivity index is 2.04. The Morgan fingerprint density at radius 3 is 2.52 bits per heavy atom. The van der Waals surface area contributed by atoms with Crippen LogP contribution in [-0.4, -0.2) is 37.9 Å². The summed E-state index contributed by atoms with van der Waals surface area (Å²) in [5.74, 6) is 0.497. The molecule has 0 aliphatic rings. The van der Waals surface area contributed by atoms with Gasteiger partial charge < -0.3 is 14.2 Å². The summed E-state index contributed by atoms with van der Waals surface area (Å²) in [6.07, 6.45) is 1.25. The van der Waals surface area contributed by atoms with E-state index in [1.807, 2.05) is 19.1 Å². The Morgan fingerprint density at radius 1 is 1.19 bits per heavy atom. The Labute approximate surface area is 155 Å². The third-order valence-corrected chi connectivity index (χ3v) is 3.57. The molecule has 142 valence electrons. The van der Waals surface area contributed by atoms with Gasteiger partial charge in [0.1, 0.15) is 11.5 Å². The van der Waals surface area contributed by atoms with Crippen molar-refractivity contribution in [3.05, 3.63) is 57.6 Å². The monoisotopic (exact) mass is 373 g/mol. The number of nitrogens with zero attached hydrogens (tertiary/aromatic N) is 2. The van der Waals surface area contributed by atoms with Gasteiger partial charge in [-0.3, -0.25) is 14.9 Å². The highest BCUT2D eigenvalue weighted by molar-refractivity contribution is 5.87. The maximum Gasteiger partial charge on any atom is 0.311 e. The van der Waals surface area contributed by atoms with E-state index in [9.17, 15) is 14.9 Å². The highest BCUT2D eigenvalue weighted by Crippen LogP contribution is 2.33. The van der Waals surface area contributed by atoms with E-state index >= 15 is 0 Å². The fraction of sp³-hybridized carbons (Fsp3) is 0.222. The summed E-state index contributed by atoms with van der Waals surface area (Å²) in [7, 11) is 2.73. The summed E-state index contributed by atoms with van der Waals surface area (Å²) in [6.45, 7) is 1.65. The zero-order valence-electron chi connectivity index (χ0n) is 15.1. The second kappa shape index (κ2) is 9.18. The van der Waals surface area contributed by atoms with Crippen molar-refractivity contribution in [2.75, 3.05) is 20.8 Å². The van der Waals surface area contributed by atoms with Gasteiger partial charge in [0.2, 0.25) is 5.75 Å². The van der Waals surface area contributed by atoms with Crippen molar-refractivity contribution < 1.29 is 23.9 Å². The van der Waals surface area contributed by atoms with Crippen LogP contribution in [0, 0.1) is 17.0 Å². The number of methoxy groups -OCH3 is 2. The lowest BCUT2D eigenvalue weighted by Gasteiger charge is -2.08. The zero-order chi connectivity index (χ0) is 19.8. The van der Waals surface area contributed by atoms with Gasteiger partial charge in [0.05, 0.1) is 25.4 Å². The van der Waals surface area contributed by atoms with Gasteiger partial charge in [-0.1, -0.05) is 18.2 Å². The van der Waals surface area contributed by atoms with Crippen LogP contribution in [0.5, 0.6) is 17.2 Å². The average Bonchev–Trinajstić information content (AvgIpc) is 2.66. The molecule has 0 saturated heterocycles. The lowest BCUT2D eigenvalue weighted by molar-refractivity contribution is -0.385. The molecule has 0 aliphatic carbocycles. The van der Waals surface area contributed by atoms with Gasteiger partial charge >= 0.3 is 5.69 Å². The van der Waals surface area contributed by atoms with Gasteiger partial charge in [0.25, 0.3) is 5.91 Å². The van der Waals surface area contributed by atoms with E-state index in [-0.39, 0.29) is 18.0 Å². The number of carbonyl (C=O) groups is 1. The topological polar surface area (TPSA) is 112 Å². The first kappa shape index (κ1) is 19.7. The largest absolute Gasteiger partial charge is 0.496 e. The van der Waals surface area contributed by atoms with Crippen LogP contribution in [0.15, 0.2) is 41.5 Å². The molecule has 0 unspecified atom stereocenters. The molecule has 9 nitrogen and oxygen atoms in total. The van der Waals surface area contributed by atoms with Crippen LogP contribution in [0.1, 0.15) is 11.1 Å². The average molecular weight is 373 g/mol. The van der Waals surface area contributed by atoms with Crippen molar-refractivity contribution in [3.63, 3.8) is 0 Å². The summed E-state index contributed by atoms with van der Waals surface area (Å²) >= 11 is 0. The number of nitro groups is 1. The Hall–Kier alpha value is -3.62. The zero-order valence-corrected chi connectivity index (χ0v) is 15.1. The lowest BCUT2D eigenvalue weighted by Crippen LogP contribution is -2.24. The molecule has 0 bridgehead atoms.